The van der Waals surface area contributed by atoms with Crippen LogP contribution < -0.4 is 43.8 Å². The van der Waals surface area contributed by atoms with Crippen molar-refractivity contribution >= 4 is 63.4 Å². The van der Waals surface area contributed by atoms with Crippen LogP contribution in [0, 0.1) is 23.7 Å². The minimum Gasteiger partial charge on any atom is -0.438 e. The van der Waals surface area contributed by atoms with E-state index < -0.39 is 106 Å². The van der Waals surface area contributed by atoms with Gasteiger partial charge in [0.1, 0.15) is 48.3 Å². The van der Waals surface area contributed by atoms with E-state index in [1.807, 2.05) is 19.9 Å². The van der Waals surface area contributed by atoms with Crippen molar-refractivity contribution in [2.45, 2.75) is 163 Å². The summed E-state index contributed by atoms with van der Waals surface area (Å²) in [4.78, 5) is 154. The Morgan fingerprint density at radius 1 is 0.558 bits per heavy atom. The zero-order chi connectivity index (χ0) is 62.8. The number of nitrogens with one attached hydrogen (secondary N) is 4. The molecule has 1 unspecified atom stereocenters. The minimum absolute atomic E-state index is 0.0931. The second-order valence-corrected chi connectivity index (χ2v) is 22.9. The highest BCUT2D eigenvalue weighted by atomic mass is 16.4. The van der Waals surface area contributed by atoms with Gasteiger partial charge in [-0.1, -0.05) is 79.7 Å². The number of benzene rings is 2. The number of ketones is 1. The molecule has 2 aliphatic rings. The maximum Gasteiger partial charge on any atom is 0.331 e. The molecular formula is C60H78N12O14. The first-order chi connectivity index (χ1) is 40.8. The zero-order valence-electron chi connectivity index (χ0n) is 50.2. The monoisotopic (exact) mass is 1190 g/mol. The first-order valence-electron chi connectivity index (χ1n) is 29.2. The number of rotatable bonds is 22. The van der Waals surface area contributed by atoms with E-state index >= 15 is 0 Å². The summed E-state index contributed by atoms with van der Waals surface area (Å²) in [6, 6.07) is 11.3. The van der Waals surface area contributed by atoms with Crippen LogP contribution in [-0.4, -0.2) is 134 Å². The third-order valence-corrected chi connectivity index (χ3v) is 15.4. The molecule has 0 radical (unpaired) electrons. The number of carbonyl (C=O) groups is 7. The Hall–Kier alpha value is -8.81. The quantitative estimate of drug-likeness (QED) is 0.0610. The molecule has 2 aliphatic heterocycles. The largest absolute Gasteiger partial charge is 0.438 e. The van der Waals surface area contributed by atoms with Crippen molar-refractivity contribution < 1.29 is 47.5 Å². The van der Waals surface area contributed by atoms with Crippen LogP contribution in [-0.2, 0) is 54.9 Å². The van der Waals surface area contributed by atoms with Gasteiger partial charge in [-0.3, -0.25) is 61.4 Å². The molecule has 2 aromatic carbocycles. The SMILES string of the molecule is CCn1c(=O)ccn(CC(=O)N[C@H](C(=O)N2CCC[C@H]2C(=O)N[C@@H](C(C)C)C(O)c2nc3ccccc3o2)C(C)C)c1=O.CCn1c(=O)ccn(CC(=O)N[C@H](C(=O)N2CCC[C@H]2C(=O)N[C@H](C(=O)c2nc3ccccc3o2)C(C)C)C(C)C)c1=O. The van der Waals surface area contributed by atoms with Crippen molar-refractivity contribution in [2.24, 2.45) is 23.7 Å². The standard InChI is InChI=1S/C30H40N6O7.C30H38N6O7/c2*1-6-35-23(38)13-15-34(30(35)42)16-22(37)32-25(18(4)5)29(41)36-14-9-11-20(36)27(40)33-24(17(2)3)26(39)28-31-19-10-7-8-12-21(19)43-28/h7-8,10,12-13,15,17-18,20,24-26,39H,6,9,11,14,16H2,1-5H3,(H,32,37)(H,33,40);7-8,10,12-13,15,17-18,20,24-25H,6,9,11,14,16H2,1-5H3,(H,32,37)(H,33,40)/t20-,24-,25-,26?;20-,24-,25-/m00/s1. The van der Waals surface area contributed by atoms with Crippen LogP contribution in [0.5, 0.6) is 0 Å². The summed E-state index contributed by atoms with van der Waals surface area (Å²) in [5.41, 5.74) is -0.0498. The fourth-order valence-electron chi connectivity index (χ4n) is 10.6. The molecule has 2 fully saturated rings. The number of para-hydroxylation sites is 4. The number of oxazole rings is 2. The Morgan fingerprint density at radius 3 is 1.41 bits per heavy atom. The summed E-state index contributed by atoms with van der Waals surface area (Å²) in [6.07, 6.45) is 3.27. The number of Topliss-reactive ketones (excluding diaryl/α,β-unsaturated/α-hetero) is 1. The topological polar surface area (TPSA) is 334 Å². The number of likely N-dealkylation sites (tertiary alicyclic amines) is 2. The minimum atomic E-state index is -1.21. The van der Waals surface area contributed by atoms with Crippen molar-refractivity contribution in [1.82, 2.24) is 59.3 Å². The van der Waals surface area contributed by atoms with Crippen LogP contribution in [0.15, 0.2) is 101 Å². The first kappa shape index (κ1) is 64.7. The van der Waals surface area contributed by atoms with Gasteiger partial charge in [0.05, 0.1) is 12.1 Å². The summed E-state index contributed by atoms with van der Waals surface area (Å²) in [5, 5.41) is 22.3. The Labute approximate surface area is 495 Å². The molecule has 26 nitrogen and oxygen atoms in total. The number of hydrogen-bond acceptors (Lipinski definition) is 16. The second kappa shape index (κ2) is 28.4. The van der Waals surface area contributed by atoms with Crippen molar-refractivity contribution in [3.05, 3.63) is 127 Å². The third kappa shape index (κ3) is 14.8. The summed E-state index contributed by atoms with van der Waals surface area (Å²) in [6.45, 7) is 17.9. The van der Waals surface area contributed by atoms with E-state index in [4.69, 9.17) is 8.83 Å². The summed E-state index contributed by atoms with van der Waals surface area (Å²) in [7, 11) is 0. The number of aromatic nitrogens is 6. The third-order valence-electron chi connectivity index (χ3n) is 15.4. The molecule has 462 valence electrons. The highest BCUT2D eigenvalue weighted by Crippen LogP contribution is 2.28. The van der Waals surface area contributed by atoms with Crippen LogP contribution in [0.25, 0.3) is 22.2 Å². The van der Waals surface area contributed by atoms with E-state index in [0.29, 0.717) is 61.0 Å². The van der Waals surface area contributed by atoms with Crippen LogP contribution in [0.4, 0.5) is 0 Å². The Balaban J connectivity index is 0.000000246. The lowest BCUT2D eigenvalue weighted by atomic mass is 9.97. The molecule has 2 saturated heterocycles. The average molecular weight is 1190 g/mol. The molecule has 0 spiro atoms. The number of carbonyl (C=O) groups excluding carboxylic acids is 7. The molecule has 6 aromatic rings. The molecule has 8 rings (SSSR count). The molecular weight excluding hydrogens is 1110 g/mol. The number of nitrogens with zero attached hydrogens (tertiary/aromatic N) is 8. The number of aliphatic hydroxyl groups is 1. The molecule has 7 atom stereocenters. The van der Waals surface area contributed by atoms with E-state index in [1.54, 1.807) is 97.9 Å². The van der Waals surface area contributed by atoms with Crippen molar-refractivity contribution in [3.63, 3.8) is 0 Å². The van der Waals surface area contributed by atoms with Crippen molar-refractivity contribution in [2.75, 3.05) is 13.1 Å². The molecule has 4 aromatic heterocycles. The molecule has 0 saturated carbocycles. The van der Waals surface area contributed by atoms with Gasteiger partial charge < -0.3 is 45.0 Å². The van der Waals surface area contributed by atoms with Crippen LogP contribution >= 0.6 is 0 Å². The lowest BCUT2D eigenvalue weighted by Crippen LogP contribution is -2.57. The van der Waals surface area contributed by atoms with Gasteiger partial charge in [0.25, 0.3) is 17.0 Å². The smallest absolute Gasteiger partial charge is 0.331 e. The number of hydrogen-bond donors (Lipinski definition) is 5. The van der Waals surface area contributed by atoms with Gasteiger partial charge in [-0.05, 0) is 87.5 Å². The lowest BCUT2D eigenvalue weighted by Gasteiger charge is -2.32. The Bertz CT molecular complexity index is 3640. The van der Waals surface area contributed by atoms with Gasteiger partial charge in [-0.2, -0.15) is 0 Å². The lowest BCUT2D eigenvalue weighted by molar-refractivity contribution is -0.143. The fourth-order valence-corrected chi connectivity index (χ4v) is 10.6. The molecule has 6 heterocycles. The van der Waals surface area contributed by atoms with Crippen LogP contribution in [0.2, 0.25) is 0 Å². The van der Waals surface area contributed by atoms with Gasteiger partial charge in [0.15, 0.2) is 17.3 Å². The van der Waals surface area contributed by atoms with Gasteiger partial charge in [0.2, 0.25) is 47.1 Å². The molecule has 6 amide bonds. The number of fused-ring (bicyclic) bond motifs is 2. The number of aliphatic hydroxyl groups excluding tert-OH is 1. The average Bonchev–Trinajstić information content (AvgIpc) is 3.02. The van der Waals surface area contributed by atoms with Crippen LogP contribution in [0.3, 0.4) is 0 Å². The Morgan fingerprint density at radius 2 is 0.988 bits per heavy atom. The highest BCUT2D eigenvalue weighted by molar-refractivity contribution is 6.01. The van der Waals surface area contributed by atoms with Gasteiger partial charge >= 0.3 is 11.4 Å². The summed E-state index contributed by atoms with van der Waals surface area (Å²) < 4.78 is 15.6. The first-order valence-corrected chi connectivity index (χ1v) is 29.2. The molecule has 5 N–H and O–H groups in total. The van der Waals surface area contributed by atoms with Gasteiger partial charge in [-0.15, -0.1) is 0 Å². The van der Waals surface area contributed by atoms with Crippen LogP contribution in [0.1, 0.15) is 118 Å². The van der Waals surface area contributed by atoms with Gasteiger partial charge in [-0.25, -0.2) is 19.6 Å². The van der Waals surface area contributed by atoms with Crippen molar-refractivity contribution in [1.29, 1.82) is 0 Å². The van der Waals surface area contributed by atoms with Crippen molar-refractivity contribution in [3.8, 4) is 0 Å². The Kier molecular flexibility index (Phi) is 21.4. The maximum atomic E-state index is 13.7. The molecule has 26 heteroatoms. The maximum absolute atomic E-state index is 13.7. The predicted molar refractivity (Wildman–Crippen MR) is 315 cm³/mol. The van der Waals surface area contributed by atoms with E-state index in [2.05, 4.69) is 31.2 Å². The number of amides is 6. The van der Waals surface area contributed by atoms with Gasteiger partial charge in [0, 0.05) is 50.7 Å². The predicted octanol–water partition coefficient (Wildman–Crippen LogP) is 2.50. The second-order valence-electron chi connectivity index (χ2n) is 22.9. The molecule has 0 aliphatic carbocycles. The fraction of sp³-hybridized carbons (Fsp3) is 0.517. The summed E-state index contributed by atoms with van der Waals surface area (Å²) >= 11 is 0. The van der Waals surface area contributed by atoms with E-state index in [9.17, 15) is 57.8 Å². The van der Waals surface area contributed by atoms with E-state index in [1.165, 1.54) is 34.3 Å². The normalized spacial score (nSPS) is 16.9. The van der Waals surface area contributed by atoms with E-state index in [-0.39, 0.29) is 61.6 Å². The summed E-state index contributed by atoms with van der Waals surface area (Å²) in [5.74, 6) is -4.48. The van der Waals surface area contributed by atoms with E-state index in [0.717, 1.165) is 18.3 Å². The zero-order valence-corrected chi connectivity index (χ0v) is 50.2. The molecule has 86 heavy (non-hydrogen) atoms. The molecule has 0 bridgehead atoms. The highest BCUT2D eigenvalue weighted by Gasteiger charge is 2.43.